The van der Waals surface area contributed by atoms with Gasteiger partial charge in [-0.3, -0.25) is 9.36 Å². The van der Waals surface area contributed by atoms with E-state index in [2.05, 4.69) is 15.3 Å². The number of anilines is 1. The number of nitrogens with zero attached hydrogens (tertiary/aromatic N) is 4. The van der Waals surface area contributed by atoms with E-state index in [1.807, 2.05) is 0 Å². The smallest absolute Gasteiger partial charge is 0.346 e. The molecule has 1 N–H and O–H groups in total. The second-order valence-electron chi connectivity index (χ2n) is 7.70. The van der Waals surface area contributed by atoms with Crippen LogP contribution >= 0.6 is 0 Å². The lowest BCUT2D eigenvalue weighted by molar-refractivity contribution is -0.122. The number of amides is 1. The number of carbonyl (C=O) groups excluding carboxylic acids is 1. The van der Waals surface area contributed by atoms with Crippen LogP contribution < -0.4 is 15.9 Å². The van der Waals surface area contributed by atoms with Gasteiger partial charge in [-0.2, -0.15) is 5.10 Å². The van der Waals surface area contributed by atoms with Gasteiger partial charge >= 0.3 is 5.69 Å². The van der Waals surface area contributed by atoms with Crippen LogP contribution in [0.4, 0.5) is 10.1 Å². The highest BCUT2D eigenvalue weighted by Crippen LogP contribution is 2.23. The predicted molar refractivity (Wildman–Crippen MR) is 104 cm³/mol. The van der Waals surface area contributed by atoms with Crippen molar-refractivity contribution in [3.63, 3.8) is 0 Å². The number of halogens is 1. The van der Waals surface area contributed by atoms with Crippen molar-refractivity contribution in [3.05, 3.63) is 46.4 Å². The standard InChI is InChI=1S/C20H26FN5O2/c21-16-5-7-17(8-6-16)24-11-9-15(13-24)12-22-19(27)14-26-20(28)25-10-3-1-2-4-18(25)23-26/h5-8,15H,1-4,9-14H2,(H,22,27). The van der Waals surface area contributed by atoms with E-state index >= 15 is 0 Å². The van der Waals surface area contributed by atoms with Crippen molar-refractivity contribution in [1.29, 1.82) is 0 Å². The highest BCUT2D eigenvalue weighted by atomic mass is 19.1. The zero-order chi connectivity index (χ0) is 19.5. The van der Waals surface area contributed by atoms with Crippen molar-refractivity contribution < 1.29 is 9.18 Å². The second-order valence-corrected chi connectivity index (χ2v) is 7.70. The number of rotatable bonds is 5. The Morgan fingerprint density at radius 1 is 1.18 bits per heavy atom. The molecule has 150 valence electrons. The Hall–Kier alpha value is -2.64. The Balaban J connectivity index is 1.28. The van der Waals surface area contributed by atoms with Crippen LogP contribution in [0, 0.1) is 11.7 Å². The average molecular weight is 387 g/mol. The van der Waals surface area contributed by atoms with E-state index in [4.69, 9.17) is 0 Å². The summed E-state index contributed by atoms with van der Waals surface area (Å²) >= 11 is 0. The number of aromatic nitrogens is 3. The van der Waals surface area contributed by atoms with Gasteiger partial charge in [-0.1, -0.05) is 6.42 Å². The third-order valence-electron chi connectivity index (χ3n) is 5.64. The number of benzene rings is 1. The molecule has 0 spiro atoms. The normalized spacial score (nSPS) is 19.3. The Kier molecular flexibility index (Phi) is 5.45. The largest absolute Gasteiger partial charge is 0.371 e. The molecule has 8 heteroatoms. The van der Waals surface area contributed by atoms with Crippen LogP contribution in [0.2, 0.25) is 0 Å². The molecule has 1 saturated heterocycles. The summed E-state index contributed by atoms with van der Waals surface area (Å²) in [5.74, 6) is 0.708. The fraction of sp³-hybridized carbons (Fsp3) is 0.550. The van der Waals surface area contributed by atoms with Crippen LogP contribution in [0.3, 0.4) is 0 Å². The average Bonchev–Trinajstić information content (AvgIpc) is 3.18. The van der Waals surface area contributed by atoms with Crippen molar-refractivity contribution in [2.45, 2.75) is 45.2 Å². The third kappa shape index (κ3) is 4.10. The van der Waals surface area contributed by atoms with E-state index in [0.717, 1.165) is 56.7 Å². The van der Waals surface area contributed by atoms with Crippen molar-refractivity contribution >= 4 is 11.6 Å². The summed E-state index contributed by atoms with van der Waals surface area (Å²) in [7, 11) is 0. The molecule has 1 fully saturated rings. The van der Waals surface area contributed by atoms with Gasteiger partial charge in [-0.15, -0.1) is 0 Å². The van der Waals surface area contributed by atoms with Gasteiger partial charge in [0.05, 0.1) is 0 Å². The lowest BCUT2D eigenvalue weighted by Gasteiger charge is -2.18. The topological polar surface area (TPSA) is 72.2 Å². The molecule has 28 heavy (non-hydrogen) atoms. The Bertz CT molecular complexity index is 889. The first-order valence-corrected chi connectivity index (χ1v) is 10.0. The van der Waals surface area contributed by atoms with Gasteiger partial charge in [0.2, 0.25) is 5.91 Å². The van der Waals surface area contributed by atoms with E-state index in [1.165, 1.54) is 16.8 Å². The van der Waals surface area contributed by atoms with Gasteiger partial charge in [-0.05, 0) is 49.4 Å². The van der Waals surface area contributed by atoms with Gasteiger partial charge in [0.1, 0.15) is 18.2 Å². The molecule has 0 aliphatic carbocycles. The first kappa shape index (κ1) is 18.7. The molecular weight excluding hydrogens is 361 g/mol. The molecule has 0 bridgehead atoms. The second kappa shape index (κ2) is 8.16. The van der Waals surface area contributed by atoms with Crippen LogP contribution in [-0.2, 0) is 24.3 Å². The fourth-order valence-corrected chi connectivity index (χ4v) is 4.06. The van der Waals surface area contributed by atoms with Gasteiger partial charge in [0.15, 0.2) is 0 Å². The SMILES string of the molecule is O=C(Cn1nc2n(c1=O)CCCCC2)NCC1CCN(c2ccc(F)cc2)C1. The van der Waals surface area contributed by atoms with Crippen LogP contribution in [0.5, 0.6) is 0 Å². The molecule has 0 saturated carbocycles. The molecule has 1 aromatic carbocycles. The number of hydrogen-bond acceptors (Lipinski definition) is 4. The molecule has 1 amide bonds. The highest BCUT2D eigenvalue weighted by molar-refractivity contribution is 5.75. The number of hydrogen-bond donors (Lipinski definition) is 1. The lowest BCUT2D eigenvalue weighted by Crippen LogP contribution is -2.36. The summed E-state index contributed by atoms with van der Waals surface area (Å²) < 4.78 is 16.1. The molecule has 7 nitrogen and oxygen atoms in total. The monoisotopic (exact) mass is 387 g/mol. The van der Waals surface area contributed by atoms with Crippen LogP contribution in [0.1, 0.15) is 31.5 Å². The quantitative estimate of drug-likeness (QED) is 0.845. The van der Waals surface area contributed by atoms with Crippen LogP contribution in [-0.4, -0.2) is 39.9 Å². The maximum absolute atomic E-state index is 13.1. The fourth-order valence-electron chi connectivity index (χ4n) is 4.06. The molecule has 0 radical (unpaired) electrons. The molecule has 1 aromatic heterocycles. The highest BCUT2D eigenvalue weighted by Gasteiger charge is 2.23. The lowest BCUT2D eigenvalue weighted by atomic mass is 10.1. The summed E-state index contributed by atoms with van der Waals surface area (Å²) in [5.41, 5.74) is 0.816. The Labute approximate surface area is 163 Å². The Morgan fingerprint density at radius 3 is 2.82 bits per heavy atom. The maximum atomic E-state index is 13.1. The molecule has 4 rings (SSSR count). The summed E-state index contributed by atoms with van der Waals surface area (Å²) in [6.45, 7) is 2.94. The third-order valence-corrected chi connectivity index (χ3v) is 5.64. The molecule has 1 atom stereocenters. The first-order chi connectivity index (χ1) is 13.6. The van der Waals surface area contributed by atoms with Crippen molar-refractivity contribution in [1.82, 2.24) is 19.7 Å². The van der Waals surface area contributed by atoms with Crippen molar-refractivity contribution in [2.24, 2.45) is 5.92 Å². The van der Waals surface area contributed by atoms with E-state index in [1.54, 1.807) is 16.7 Å². The van der Waals surface area contributed by atoms with Crippen molar-refractivity contribution in [3.8, 4) is 0 Å². The number of aryl methyl sites for hydroxylation is 1. The molecule has 2 aliphatic heterocycles. The summed E-state index contributed by atoms with van der Waals surface area (Å²) in [5, 5.41) is 7.30. The molecule has 3 heterocycles. The maximum Gasteiger partial charge on any atom is 0.346 e. The molecule has 2 aromatic rings. The first-order valence-electron chi connectivity index (χ1n) is 10.0. The zero-order valence-corrected chi connectivity index (χ0v) is 15.9. The zero-order valence-electron chi connectivity index (χ0n) is 15.9. The van der Waals surface area contributed by atoms with E-state index in [9.17, 15) is 14.0 Å². The molecular formula is C20H26FN5O2. The van der Waals surface area contributed by atoms with E-state index in [0.29, 0.717) is 19.0 Å². The summed E-state index contributed by atoms with van der Waals surface area (Å²) in [6.07, 6.45) is 4.90. The van der Waals surface area contributed by atoms with Gasteiger partial charge in [0.25, 0.3) is 0 Å². The minimum Gasteiger partial charge on any atom is -0.371 e. The van der Waals surface area contributed by atoms with Crippen LogP contribution in [0.25, 0.3) is 0 Å². The molecule has 1 unspecified atom stereocenters. The van der Waals surface area contributed by atoms with Gasteiger partial charge in [-0.25, -0.2) is 13.9 Å². The summed E-state index contributed by atoms with van der Waals surface area (Å²) in [6, 6.07) is 6.50. The summed E-state index contributed by atoms with van der Waals surface area (Å²) in [4.78, 5) is 27.0. The predicted octanol–water partition coefficient (Wildman–Crippen LogP) is 1.55. The number of fused-ring (bicyclic) bond motifs is 1. The van der Waals surface area contributed by atoms with Crippen molar-refractivity contribution in [2.75, 3.05) is 24.5 Å². The number of nitrogens with one attached hydrogen (secondary N) is 1. The molecule has 2 aliphatic rings. The Morgan fingerprint density at radius 2 is 2.00 bits per heavy atom. The minimum absolute atomic E-state index is 0.0345. The van der Waals surface area contributed by atoms with E-state index < -0.39 is 0 Å². The van der Waals surface area contributed by atoms with E-state index in [-0.39, 0.29) is 24.0 Å². The van der Waals surface area contributed by atoms with Crippen LogP contribution in [0.15, 0.2) is 29.1 Å². The minimum atomic E-state index is -0.237. The number of carbonyl (C=O) groups is 1. The van der Waals surface area contributed by atoms with Gasteiger partial charge < -0.3 is 10.2 Å². The van der Waals surface area contributed by atoms with Gasteiger partial charge in [0, 0.05) is 38.3 Å².